The first-order valence-electron chi connectivity index (χ1n) is 5.00. The molecular weight excluding hydrogens is 294 g/mol. The summed E-state index contributed by atoms with van der Waals surface area (Å²) in [5, 5.41) is 13.8. The molecule has 0 bridgehead atoms. The van der Waals surface area contributed by atoms with Crippen LogP contribution in [0.4, 0.5) is 0 Å². The van der Waals surface area contributed by atoms with Gasteiger partial charge in [0.1, 0.15) is 9.77 Å². The number of rotatable bonds is 5. The Morgan fingerprint density at radius 2 is 2.32 bits per heavy atom. The summed E-state index contributed by atoms with van der Waals surface area (Å²) in [6, 6.07) is 1.23. The van der Waals surface area contributed by atoms with Crippen LogP contribution < -0.4 is 4.72 Å². The fraction of sp³-hybridized carbons (Fsp3) is 0.222. The van der Waals surface area contributed by atoms with Crippen LogP contribution in [0, 0.1) is 6.92 Å². The van der Waals surface area contributed by atoms with Crippen molar-refractivity contribution in [2.75, 3.05) is 0 Å². The van der Waals surface area contributed by atoms with E-state index in [0.717, 1.165) is 11.3 Å². The molecule has 2 aromatic heterocycles. The normalized spacial score (nSPS) is 11.6. The Bertz CT molecular complexity index is 703. The lowest BCUT2D eigenvalue weighted by Gasteiger charge is -2.03. The first-order chi connectivity index (χ1) is 8.90. The lowest BCUT2D eigenvalue weighted by atomic mass is 10.5. The van der Waals surface area contributed by atoms with Crippen molar-refractivity contribution in [2.24, 2.45) is 0 Å². The SMILES string of the molecule is Cc1noc(CNS(=O)(=O)c2ccsc2C(=O)O)n1. The minimum atomic E-state index is -3.93. The molecule has 2 rings (SSSR count). The van der Waals surface area contributed by atoms with Crippen LogP contribution in [0.25, 0.3) is 0 Å². The third-order valence-electron chi connectivity index (χ3n) is 2.10. The number of nitrogens with zero attached hydrogens (tertiary/aromatic N) is 2. The van der Waals surface area contributed by atoms with E-state index in [0.29, 0.717) is 5.82 Å². The Morgan fingerprint density at radius 3 is 2.89 bits per heavy atom. The van der Waals surface area contributed by atoms with E-state index in [-0.39, 0.29) is 22.2 Å². The van der Waals surface area contributed by atoms with Gasteiger partial charge in [-0.15, -0.1) is 11.3 Å². The highest BCUT2D eigenvalue weighted by Crippen LogP contribution is 2.21. The van der Waals surface area contributed by atoms with Gasteiger partial charge < -0.3 is 9.63 Å². The third-order valence-corrected chi connectivity index (χ3v) is 4.57. The number of sulfonamides is 1. The molecule has 10 heteroatoms. The third kappa shape index (κ3) is 2.97. The summed E-state index contributed by atoms with van der Waals surface area (Å²) in [4.78, 5) is 14.2. The first kappa shape index (κ1) is 13.6. The highest BCUT2D eigenvalue weighted by molar-refractivity contribution is 7.89. The van der Waals surface area contributed by atoms with Crippen LogP contribution in [0.15, 0.2) is 20.9 Å². The van der Waals surface area contributed by atoms with Crippen LogP contribution in [0.1, 0.15) is 21.4 Å². The van der Waals surface area contributed by atoms with Crippen LogP contribution in [-0.4, -0.2) is 29.6 Å². The Hall–Kier alpha value is -1.78. The van der Waals surface area contributed by atoms with Crippen molar-refractivity contribution in [3.63, 3.8) is 0 Å². The molecule has 0 aliphatic rings. The van der Waals surface area contributed by atoms with E-state index in [1.807, 2.05) is 0 Å². The number of carbonyl (C=O) groups is 1. The van der Waals surface area contributed by atoms with Gasteiger partial charge in [-0.25, -0.2) is 17.9 Å². The predicted molar refractivity (Wildman–Crippen MR) is 64.3 cm³/mol. The molecule has 2 heterocycles. The van der Waals surface area contributed by atoms with Gasteiger partial charge in [-0.3, -0.25) is 0 Å². The number of thiophene rings is 1. The molecule has 0 fully saturated rings. The molecule has 102 valence electrons. The fourth-order valence-electron chi connectivity index (χ4n) is 1.31. The Labute approximate surface area is 112 Å². The number of aromatic carboxylic acids is 1. The van der Waals surface area contributed by atoms with Crippen molar-refractivity contribution >= 4 is 27.3 Å². The van der Waals surface area contributed by atoms with Gasteiger partial charge in [0.05, 0.1) is 6.54 Å². The minimum absolute atomic E-state index is 0.105. The summed E-state index contributed by atoms with van der Waals surface area (Å²) in [6.07, 6.45) is 0. The molecule has 0 aliphatic heterocycles. The summed E-state index contributed by atoms with van der Waals surface area (Å²) < 4.78 is 30.8. The predicted octanol–water partition coefficient (Wildman–Crippen LogP) is 0.616. The maximum Gasteiger partial charge on any atom is 0.347 e. The largest absolute Gasteiger partial charge is 0.477 e. The average Bonchev–Trinajstić information content (AvgIpc) is 2.94. The van der Waals surface area contributed by atoms with Crippen molar-refractivity contribution in [2.45, 2.75) is 18.4 Å². The molecule has 0 atom stereocenters. The van der Waals surface area contributed by atoms with E-state index in [2.05, 4.69) is 14.9 Å². The summed E-state index contributed by atoms with van der Waals surface area (Å²) in [6.45, 7) is 1.40. The molecule has 0 amide bonds. The van der Waals surface area contributed by atoms with Crippen LogP contribution in [0.5, 0.6) is 0 Å². The van der Waals surface area contributed by atoms with E-state index in [4.69, 9.17) is 9.63 Å². The van der Waals surface area contributed by atoms with Gasteiger partial charge in [0.2, 0.25) is 15.9 Å². The van der Waals surface area contributed by atoms with E-state index >= 15 is 0 Å². The number of carboxylic acid groups (broad SMARTS) is 1. The van der Waals surface area contributed by atoms with Gasteiger partial charge in [-0.05, 0) is 18.4 Å². The zero-order chi connectivity index (χ0) is 14.0. The monoisotopic (exact) mass is 303 g/mol. The first-order valence-corrected chi connectivity index (χ1v) is 7.36. The Balaban J connectivity index is 2.18. The lowest BCUT2D eigenvalue weighted by molar-refractivity contribution is 0.0698. The highest BCUT2D eigenvalue weighted by Gasteiger charge is 2.24. The van der Waals surface area contributed by atoms with Crippen molar-refractivity contribution in [3.8, 4) is 0 Å². The molecular formula is C9H9N3O5S2. The molecule has 0 saturated carbocycles. The zero-order valence-electron chi connectivity index (χ0n) is 9.65. The van der Waals surface area contributed by atoms with E-state index in [1.165, 1.54) is 11.4 Å². The topological polar surface area (TPSA) is 122 Å². The minimum Gasteiger partial charge on any atom is -0.477 e. The van der Waals surface area contributed by atoms with Gasteiger partial charge in [0, 0.05) is 0 Å². The molecule has 0 saturated heterocycles. The van der Waals surface area contributed by atoms with E-state index < -0.39 is 16.0 Å². The number of hydrogen-bond acceptors (Lipinski definition) is 7. The second kappa shape index (κ2) is 5.07. The maximum atomic E-state index is 11.9. The summed E-state index contributed by atoms with van der Waals surface area (Å²) in [5.74, 6) is -0.798. The van der Waals surface area contributed by atoms with Gasteiger partial charge in [-0.2, -0.15) is 4.98 Å². The molecule has 0 aromatic carbocycles. The lowest BCUT2D eigenvalue weighted by Crippen LogP contribution is -2.24. The average molecular weight is 303 g/mol. The quantitative estimate of drug-likeness (QED) is 0.829. The summed E-state index contributed by atoms with van der Waals surface area (Å²) in [5.41, 5.74) is 0. The van der Waals surface area contributed by atoms with E-state index in [1.54, 1.807) is 6.92 Å². The molecule has 2 aromatic rings. The van der Waals surface area contributed by atoms with Crippen molar-refractivity contribution in [1.29, 1.82) is 0 Å². The van der Waals surface area contributed by atoms with Gasteiger partial charge in [0.25, 0.3) is 0 Å². The molecule has 8 nitrogen and oxygen atoms in total. The number of nitrogens with one attached hydrogen (secondary N) is 1. The van der Waals surface area contributed by atoms with Gasteiger partial charge in [0.15, 0.2) is 5.82 Å². The van der Waals surface area contributed by atoms with Crippen molar-refractivity contribution in [3.05, 3.63) is 28.0 Å². The number of carboxylic acids is 1. The van der Waals surface area contributed by atoms with Crippen LogP contribution in [-0.2, 0) is 16.6 Å². The van der Waals surface area contributed by atoms with Gasteiger partial charge >= 0.3 is 5.97 Å². The van der Waals surface area contributed by atoms with Crippen LogP contribution >= 0.6 is 11.3 Å². The van der Waals surface area contributed by atoms with Gasteiger partial charge in [-0.1, -0.05) is 5.16 Å². The number of hydrogen-bond donors (Lipinski definition) is 2. The van der Waals surface area contributed by atoms with E-state index in [9.17, 15) is 13.2 Å². The Morgan fingerprint density at radius 1 is 1.58 bits per heavy atom. The highest BCUT2D eigenvalue weighted by atomic mass is 32.2. The summed E-state index contributed by atoms with van der Waals surface area (Å²) >= 11 is 0.840. The van der Waals surface area contributed by atoms with Crippen LogP contribution in [0.3, 0.4) is 0 Å². The van der Waals surface area contributed by atoms with Crippen molar-refractivity contribution < 1.29 is 22.8 Å². The zero-order valence-corrected chi connectivity index (χ0v) is 11.3. The Kier molecular flexibility index (Phi) is 3.64. The molecule has 0 spiro atoms. The number of aromatic nitrogens is 2. The van der Waals surface area contributed by atoms with Crippen LogP contribution in [0.2, 0.25) is 0 Å². The van der Waals surface area contributed by atoms with Crippen molar-refractivity contribution in [1.82, 2.24) is 14.9 Å². The number of aryl methyl sites for hydroxylation is 1. The fourth-order valence-corrected chi connectivity index (χ4v) is 3.54. The molecule has 0 aliphatic carbocycles. The maximum absolute atomic E-state index is 11.9. The smallest absolute Gasteiger partial charge is 0.347 e. The molecule has 19 heavy (non-hydrogen) atoms. The summed E-state index contributed by atoms with van der Waals surface area (Å²) in [7, 11) is -3.93. The second-order valence-corrected chi connectivity index (χ2v) is 6.13. The second-order valence-electron chi connectivity index (χ2n) is 3.48. The molecule has 2 N–H and O–H groups in total. The molecule has 0 unspecified atom stereocenters. The molecule has 0 radical (unpaired) electrons. The standard InChI is InChI=1S/C9H9N3O5S2/c1-5-11-7(17-12-5)4-10-19(15,16)6-2-3-18-8(6)9(13)14/h2-3,10H,4H2,1H3,(H,13,14).